The number of rotatable bonds is 3. The van der Waals surface area contributed by atoms with Crippen molar-refractivity contribution in [1.29, 1.82) is 0 Å². The highest BCUT2D eigenvalue weighted by molar-refractivity contribution is 7.14. The van der Waals surface area contributed by atoms with E-state index in [1.807, 2.05) is 30.3 Å². The van der Waals surface area contributed by atoms with Crippen molar-refractivity contribution >= 4 is 29.1 Å². The topological polar surface area (TPSA) is 81.9 Å². The van der Waals surface area contributed by atoms with E-state index in [0.29, 0.717) is 30.1 Å². The molecule has 0 bridgehead atoms. The SMILES string of the molecule is COC(=O)c1sc2c(c1N)CN(C(=O)OCc1ccccc1)CC2. The average Bonchev–Trinajstić information content (AvgIpc) is 2.96. The lowest BCUT2D eigenvalue weighted by molar-refractivity contribution is 0.0607. The molecule has 7 heteroatoms. The van der Waals surface area contributed by atoms with E-state index in [9.17, 15) is 9.59 Å². The fourth-order valence-electron chi connectivity index (χ4n) is 2.62. The average molecular weight is 346 g/mol. The molecule has 1 aromatic carbocycles. The van der Waals surface area contributed by atoms with Gasteiger partial charge in [0.15, 0.2) is 0 Å². The third-order valence-electron chi connectivity index (χ3n) is 3.92. The van der Waals surface area contributed by atoms with Crippen LogP contribution < -0.4 is 5.73 Å². The monoisotopic (exact) mass is 346 g/mol. The molecule has 126 valence electrons. The van der Waals surface area contributed by atoms with Crippen LogP contribution in [0.4, 0.5) is 10.5 Å². The van der Waals surface area contributed by atoms with Gasteiger partial charge in [-0.1, -0.05) is 30.3 Å². The molecule has 1 amide bonds. The summed E-state index contributed by atoms with van der Waals surface area (Å²) < 4.78 is 10.1. The van der Waals surface area contributed by atoms with Crippen LogP contribution in [0.2, 0.25) is 0 Å². The normalized spacial score (nSPS) is 13.3. The minimum atomic E-state index is -0.440. The summed E-state index contributed by atoms with van der Waals surface area (Å²) in [5.74, 6) is -0.440. The lowest BCUT2D eigenvalue weighted by atomic mass is 10.1. The number of ether oxygens (including phenoxy) is 2. The second kappa shape index (κ2) is 6.92. The van der Waals surface area contributed by atoms with Crippen molar-refractivity contribution < 1.29 is 19.1 Å². The lowest BCUT2D eigenvalue weighted by Crippen LogP contribution is -2.36. The van der Waals surface area contributed by atoms with E-state index in [1.54, 1.807) is 4.90 Å². The molecule has 0 aliphatic carbocycles. The summed E-state index contributed by atoms with van der Waals surface area (Å²) in [5.41, 5.74) is 8.22. The van der Waals surface area contributed by atoms with Gasteiger partial charge in [0.1, 0.15) is 11.5 Å². The van der Waals surface area contributed by atoms with Crippen LogP contribution in [-0.4, -0.2) is 30.6 Å². The number of nitrogens with zero attached hydrogens (tertiary/aromatic N) is 1. The number of anilines is 1. The first-order valence-electron chi connectivity index (χ1n) is 7.54. The van der Waals surface area contributed by atoms with Crippen molar-refractivity contribution in [3.63, 3.8) is 0 Å². The standard InChI is InChI=1S/C17H18N2O4S/c1-22-16(20)15-14(18)12-9-19(8-7-13(12)24-15)17(21)23-10-11-5-3-2-4-6-11/h2-6H,7-10,18H2,1H3. The molecule has 0 atom stereocenters. The van der Waals surface area contributed by atoms with Gasteiger partial charge >= 0.3 is 12.1 Å². The maximum Gasteiger partial charge on any atom is 0.410 e. The first kappa shape index (κ1) is 16.3. The Morgan fingerprint density at radius 2 is 2.04 bits per heavy atom. The molecule has 0 saturated heterocycles. The number of carbonyl (C=O) groups is 2. The number of methoxy groups -OCH3 is 1. The maximum atomic E-state index is 12.3. The van der Waals surface area contributed by atoms with Gasteiger partial charge in [0.05, 0.1) is 19.3 Å². The van der Waals surface area contributed by atoms with E-state index < -0.39 is 5.97 Å². The van der Waals surface area contributed by atoms with Crippen molar-refractivity contribution in [3.05, 3.63) is 51.2 Å². The Morgan fingerprint density at radius 1 is 1.29 bits per heavy atom. The number of esters is 1. The quantitative estimate of drug-likeness (QED) is 0.864. The smallest absolute Gasteiger partial charge is 0.410 e. The molecule has 6 nitrogen and oxygen atoms in total. The maximum absolute atomic E-state index is 12.3. The van der Waals surface area contributed by atoms with E-state index in [-0.39, 0.29) is 12.7 Å². The van der Waals surface area contributed by atoms with Crippen LogP contribution in [-0.2, 0) is 29.0 Å². The molecule has 3 rings (SSSR count). The Hall–Kier alpha value is -2.54. The van der Waals surface area contributed by atoms with Crippen LogP contribution >= 0.6 is 11.3 Å². The third kappa shape index (κ3) is 3.21. The number of benzene rings is 1. The molecule has 0 radical (unpaired) electrons. The predicted octanol–water partition coefficient (Wildman–Crippen LogP) is 2.81. The van der Waals surface area contributed by atoms with Gasteiger partial charge < -0.3 is 20.1 Å². The number of fused-ring (bicyclic) bond motifs is 1. The number of nitrogens with two attached hydrogens (primary N) is 1. The van der Waals surface area contributed by atoms with E-state index in [1.165, 1.54) is 18.4 Å². The molecule has 24 heavy (non-hydrogen) atoms. The molecule has 1 aromatic heterocycles. The molecular formula is C17H18N2O4S. The highest BCUT2D eigenvalue weighted by atomic mass is 32.1. The van der Waals surface area contributed by atoms with Crippen molar-refractivity contribution in [2.24, 2.45) is 0 Å². The predicted molar refractivity (Wildman–Crippen MR) is 90.8 cm³/mol. The minimum Gasteiger partial charge on any atom is -0.465 e. The molecule has 0 unspecified atom stereocenters. The second-order valence-electron chi connectivity index (χ2n) is 5.45. The zero-order valence-electron chi connectivity index (χ0n) is 13.3. The molecule has 0 fully saturated rings. The van der Waals surface area contributed by atoms with Crippen LogP contribution in [0.3, 0.4) is 0 Å². The van der Waals surface area contributed by atoms with Crippen LogP contribution in [0.25, 0.3) is 0 Å². The molecule has 2 N–H and O–H groups in total. The van der Waals surface area contributed by atoms with Gasteiger partial charge in [-0.25, -0.2) is 9.59 Å². The fraction of sp³-hybridized carbons (Fsp3) is 0.294. The van der Waals surface area contributed by atoms with Gasteiger partial charge in [-0.3, -0.25) is 0 Å². The van der Waals surface area contributed by atoms with Gasteiger partial charge in [0.2, 0.25) is 0 Å². The van der Waals surface area contributed by atoms with Crippen LogP contribution in [0, 0.1) is 0 Å². The Labute approximate surface area is 143 Å². The first-order chi connectivity index (χ1) is 11.6. The van der Waals surface area contributed by atoms with Gasteiger partial charge in [-0.2, -0.15) is 0 Å². The summed E-state index contributed by atoms with van der Waals surface area (Å²) in [6, 6.07) is 9.52. The second-order valence-corrected chi connectivity index (χ2v) is 6.56. The van der Waals surface area contributed by atoms with Gasteiger partial charge in [0, 0.05) is 17.0 Å². The number of carbonyl (C=O) groups excluding carboxylic acids is 2. The summed E-state index contributed by atoms with van der Waals surface area (Å²) >= 11 is 1.34. The first-order valence-corrected chi connectivity index (χ1v) is 8.35. The van der Waals surface area contributed by atoms with Crippen LogP contribution in [0.15, 0.2) is 30.3 Å². The molecule has 2 aromatic rings. The van der Waals surface area contributed by atoms with E-state index in [0.717, 1.165) is 16.0 Å². The van der Waals surface area contributed by atoms with Crippen molar-refractivity contribution in [2.75, 3.05) is 19.4 Å². The highest BCUT2D eigenvalue weighted by Crippen LogP contribution is 2.35. The van der Waals surface area contributed by atoms with E-state index >= 15 is 0 Å². The largest absolute Gasteiger partial charge is 0.465 e. The zero-order chi connectivity index (χ0) is 17.1. The van der Waals surface area contributed by atoms with Crippen LogP contribution in [0.5, 0.6) is 0 Å². The molecule has 1 aliphatic heterocycles. The number of hydrogen-bond donors (Lipinski definition) is 1. The van der Waals surface area contributed by atoms with Crippen molar-refractivity contribution in [3.8, 4) is 0 Å². The number of amides is 1. The Balaban J connectivity index is 1.67. The number of nitrogen functional groups attached to an aromatic ring is 1. The Bertz CT molecular complexity index is 757. The van der Waals surface area contributed by atoms with Crippen molar-refractivity contribution in [1.82, 2.24) is 4.90 Å². The molecule has 0 spiro atoms. The van der Waals surface area contributed by atoms with Crippen LogP contribution in [0.1, 0.15) is 25.7 Å². The summed E-state index contributed by atoms with van der Waals surface area (Å²) in [6.45, 7) is 1.12. The van der Waals surface area contributed by atoms with Gasteiger partial charge in [-0.05, 0) is 12.0 Å². The Morgan fingerprint density at radius 3 is 2.75 bits per heavy atom. The van der Waals surface area contributed by atoms with E-state index in [2.05, 4.69) is 0 Å². The highest BCUT2D eigenvalue weighted by Gasteiger charge is 2.29. The summed E-state index contributed by atoms with van der Waals surface area (Å²) in [7, 11) is 1.33. The van der Waals surface area contributed by atoms with Gasteiger partial charge in [-0.15, -0.1) is 11.3 Å². The van der Waals surface area contributed by atoms with Crippen molar-refractivity contribution in [2.45, 2.75) is 19.6 Å². The zero-order valence-corrected chi connectivity index (χ0v) is 14.1. The molecule has 1 aliphatic rings. The molecule has 2 heterocycles. The third-order valence-corrected chi connectivity index (χ3v) is 5.21. The Kier molecular flexibility index (Phi) is 4.71. The molecular weight excluding hydrogens is 328 g/mol. The van der Waals surface area contributed by atoms with E-state index in [4.69, 9.17) is 15.2 Å². The summed E-state index contributed by atoms with van der Waals surface area (Å²) in [5, 5.41) is 0. The summed E-state index contributed by atoms with van der Waals surface area (Å²) in [6.07, 6.45) is 0.275. The fourth-order valence-corrected chi connectivity index (χ4v) is 3.76. The molecule has 0 saturated carbocycles. The minimum absolute atomic E-state index is 0.232. The number of thiophene rings is 1. The lowest BCUT2D eigenvalue weighted by Gasteiger charge is -2.26. The number of hydrogen-bond acceptors (Lipinski definition) is 6. The van der Waals surface area contributed by atoms with Gasteiger partial charge in [0.25, 0.3) is 0 Å². The summed E-state index contributed by atoms with van der Waals surface area (Å²) in [4.78, 5) is 27.0.